The van der Waals surface area contributed by atoms with Gasteiger partial charge in [-0.3, -0.25) is 19.5 Å². The predicted octanol–water partition coefficient (Wildman–Crippen LogP) is 5.14. The maximum Gasteiger partial charge on any atom is 0.300 e. The molecule has 33 heavy (non-hydrogen) atoms. The van der Waals surface area contributed by atoms with E-state index in [1.807, 2.05) is 18.2 Å². The van der Waals surface area contributed by atoms with Gasteiger partial charge in [-0.15, -0.1) is 0 Å². The summed E-state index contributed by atoms with van der Waals surface area (Å²) in [6.45, 7) is 0. The maximum absolute atomic E-state index is 14.0. The molecule has 162 valence electrons. The number of fused-ring (bicyclic) bond motifs is 1. The number of aliphatic hydroxyl groups is 1. The Morgan fingerprint density at radius 2 is 1.61 bits per heavy atom. The van der Waals surface area contributed by atoms with Crippen LogP contribution in [0.3, 0.4) is 0 Å². The number of Topliss-reactive ketones (excluding diaryl/α,β-unsaturated/α-hetero) is 1. The lowest BCUT2D eigenvalue weighted by Gasteiger charge is -2.25. The Kier molecular flexibility index (Phi) is 4.94. The van der Waals surface area contributed by atoms with E-state index in [2.05, 4.69) is 4.98 Å². The van der Waals surface area contributed by atoms with Gasteiger partial charge in [0.1, 0.15) is 5.76 Å². The quantitative estimate of drug-likeness (QED) is 0.271. The molecule has 1 atom stereocenters. The monoisotopic (exact) mass is 442 g/mol. The van der Waals surface area contributed by atoms with Crippen molar-refractivity contribution in [3.8, 4) is 0 Å². The molecule has 5 rings (SSSR count). The van der Waals surface area contributed by atoms with Crippen molar-refractivity contribution in [1.82, 2.24) is 4.98 Å². The van der Waals surface area contributed by atoms with Gasteiger partial charge in [0.15, 0.2) is 11.6 Å². The van der Waals surface area contributed by atoms with Gasteiger partial charge in [-0.1, -0.05) is 42.5 Å². The van der Waals surface area contributed by atoms with E-state index >= 15 is 0 Å². The number of aromatic nitrogens is 1. The third-order valence-corrected chi connectivity index (χ3v) is 5.69. The molecule has 0 saturated carbocycles. The molecule has 2 heterocycles. The van der Waals surface area contributed by atoms with Crippen LogP contribution in [-0.4, -0.2) is 21.8 Å². The summed E-state index contributed by atoms with van der Waals surface area (Å²) >= 11 is 0. The second-order valence-corrected chi connectivity index (χ2v) is 7.57. The Morgan fingerprint density at radius 3 is 2.36 bits per heavy atom. The van der Waals surface area contributed by atoms with Crippen molar-refractivity contribution in [1.29, 1.82) is 0 Å². The summed E-state index contributed by atoms with van der Waals surface area (Å²) in [6, 6.07) is 17.7. The van der Waals surface area contributed by atoms with E-state index in [0.717, 1.165) is 22.4 Å². The van der Waals surface area contributed by atoms with Crippen LogP contribution in [0.5, 0.6) is 0 Å². The summed E-state index contributed by atoms with van der Waals surface area (Å²) in [4.78, 5) is 31.3. The van der Waals surface area contributed by atoms with E-state index in [9.17, 15) is 23.5 Å². The third kappa shape index (κ3) is 3.34. The number of nitrogens with zero attached hydrogens (tertiary/aromatic N) is 2. The van der Waals surface area contributed by atoms with Crippen LogP contribution in [0.1, 0.15) is 17.2 Å². The average molecular weight is 442 g/mol. The Labute approximate surface area is 187 Å². The lowest BCUT2D eigenvalue weighted by atomic mass is 9.93. The topological polar surface area (TPSA) is 70.5 Å². The minimum atomic E-state index is -1.16. The molecule has 0 spiro atoms. The van der Waals surface area contributed by atoms with Gasteiger partial charge < -0.3 is 5.11 Å². The fraction of sp³-hybridized carbons (Fsp3) is 0.0385. The van der Waals surface area contributed by atoms with Gasteiger partial charge in [-0.05, 0) is 40.6 Å². The first kappa shape index (κ1) is 20.5. The Morgan fingerprint density at radius 1 is 0.879 bits per heavy atom. The van der Waals surface area contributed by atoms with Crippen molar-refractivity contribution in [2.24, 2.45) is 0 Å². The molecule has 1 N–H and O–H groups in total. The Balaban J connectivity index is 1.77. The first-order chi connectivity index (χ1) is 16.0. The number of ketones is 1. The first-order valence-electron chi connectivity index (χ1n) is 10.1. The second-order valence-electron chi connectivity index (χ2n) is 7.57. The van der Waals surface area contributed by atoms with Crippen LogP contribution in [0, 0.1) is 11.6 Å². The van der Waals surface area contributed by atoms with Crippen LogP contribution in [0.15, 0.2) is 90.8 Å². The normalized spacial score (nSPS) is 17.6. The van der Waals surface area contributed by atoms with E-state index in [0.29, 0.717) is 16.5 Å². The first-order valence-corrected chi connectivity index (χ1v) is 10.1. The number of pyridine rings is 1. The van der Waals surface area contributed by atoms with E-state index in [4.69, 9.17) is 0 Å². The van der Waals surface area contributed by atoms with E-state index < -0.39 is 29.4 Å². The Bertz CT molecular complexity index is 1450. The van der Waals surface area contributed by atoms with Gasteiger partial charge in [-0.2, -0.15) is 0 Å². The van der Waals surface area contributed by atoms with E-state index in [1.165, 1.54) is 18.5 Å². The summed E-state index contributed by atoms with van der Waals surface area (Å²) in [5.41, 5.74) is 0.716. The highest BCUT2D eigenvalue weighted by Crippen LogP contribution is 2.43. The SMILES string of the molecule is O=C1C(=O)N(c2ccc(F)c(F)c2)C(c2ccncc2)/C1=C(/O)c1cccc2ccccc12. The maximum atomic E-state index is 14.0. The number of halogens is 2. The van der Waals surface area contributed by atoms with Crippen LogP contribution in [-0.2, 0) is 9.59 Å². The molecule has 5 nitrogen and oxygen atoms in total. The van der Waals surface area contributed by atoms with Gasteiger partial charge >= 0.3 is 0 Å². The van der Waals surface area contributed by atoms with Gasteiger partial charge in [0, 0.05) is 29.7 Å². The van der Waals surface area contributed by atoms with Gasteiger partial charge in [0.25, 0.3) is 11.7 Å². The van der Waals surface area contributed by atoms with Crippen LogP contribution in [0.25, 0.3) is 16.5 Å². The molecule has 0 bridgehead atoms. The number of hydrogen-bond donors (Lipinski definition) is 1. The Hall–Kier alpha value is -4.39. The zero-order valence-corrected chi connectivity index (χ0v) is 17.1. The van der Waals surface area contributed by atoms with Crippen molar-refractivity contribution < 1.29 is 23.5 Å². The van der Waals surface area contributed by atoms with Crippen LogP contribution in [0.2, 0.25) is 0 Å². The molecule has 1 aromatic heterocycles. The lowest BCUT2D eigenvalue weighted by Crippen LogP contribution is -2.29. The average Bonchev–Trinajstić information content (AvgIpc) is 3.11. The number of aliphatic hydroxyl groups excluding tert-OH is 1. The third-order valence-electron chi connectivity index (χ3n) is 5.69. The summed E-state index contributed by atoms with van der Waals surface area (Å²) in [5.74, 6) is -4.46. The molecule has 4 aromatic rings. The fourth-order valence-electron chi connectivity index (χ4n) is 4.17. The van der Waals surface area contributed by atoms with Crippen molar-refractivity contribution in [2.45, 2.75) is 6.04 Å². The highest BCUT2D eigenvalue weighted by Gasteiger charge is 2.47. The molecule has 1 amide bonds. The second kappa shape index (κ2) is 7.94. The molecule has 1 saturated heterocycles. The molecular weight excluding hydrogens is 426 g/mol. The summed E-state index contributed by atoms with van der Waals surface area (Å²) < 4.78 is 27.6. The van der Waals surface area contributed by atoms with Crippen molar-refractivity contribution in [2.75, 3.05) is 4.90 Å². The molecule has 0 aliphatic carbocycles. The molecule has 0 radical (unpaired) electrons. The van der Waals surface area contributed by atoms with Gasteiger partial charge in [0.2, 0.25) is 0 Å². The van der Waals surface area contributed by atoms with Crippen LogP contribution < -0.4 is 4.90 Å². The minimum Gasteiger partial charge on any atom is -0.507 e. The lowest BCUT2D eigenvalue weighted by molar-refractivity contribution is -0.132. The van der Waals surface area contributed by atoms with Crippen molar-refractivity contribution in [3.05, 3.63) is 114 Å². The molecule has 1 unspecified atom stereocenters. The summed E-state index contributed by atoms with van der Waals surface area (Å²) in [6.07, 6.45) is 2.97. The molecule has 1 aliphatic heterocycles. The van der Waals surface area contributed by atoms with E-state index in [1.54, 1.807) is 36.4 Å². The largest absolute Gasteiger partial charge is 0.507 e. The van der Waals surface area contributed by atoms with Gasteiger partial charge in [0.05, 0.1) is 11.6 Å². The molecular formula is C26H16F2N2O3. The zero-order valence-electron chi connectivity index (χ0n) is 17.1. The summed E-state index contributed by atoms with van der Waals surface area (Å²) in [7, 11) is 0. The number of carbonyl (C=O) groups is 2. The highest BCUT2D eigenvalue weighted by atomic mass is 19.2. The molecule has 3 aromatic carbocycles. The standard InChI is InChI=1S/C26H16F2N2O3/c27-20-9-8-17(14-21(20)28)30-23(16-10-12-29-13-11-16)22(25(32)26(30)33)24(31)19-7-3-5-15-4-1-2-6-18(15)19/h1-14,23,31H/b24-22-. The molecule has 7 heteroatoms. The van der Waals surface area contributed by atoms with Crippen molar-refractivity contribution >= 4 is 33.9 Å². The number of anilines is 1. The minimum absolute atomic E-state index is 0.00483. The van der Waals surface area contributed by atoms with Crippen molar-refractivity contribution in [3.63, 3.8) is 0 Å². The molecule has 1 aliphatic rings. The number of rotatable bonds is 3. The fourth-order valence-corrected chi connectivity index (χ4v) is 4.17. The predicted molar refractivity (Wildman–Crippen MR) is 119 cm³/mol. The van der Waals surface area contributed by atoms with Crippen LogP contribution >= 0.6 is 0 Å². The zero-order chi connectivity index (χ0) is 23.1. The van der Waals surface area contributed by atoms with E-state index in [-0.39, 0.29) is 17.0 Å². The number of carbonyl (C=O) groups excluding carboxylic acids is 2. The summed E-state index contributed by atoms with van der Waals surface area (Å²) in [5, 5.41) is 12.9. The number of benzene rings is 3. The highest BCUT2D eigenvalue weighted by molar-refractivity contribution is 6.51. The number of amides is 1. The molecule has 1 fully saturated rings. The number of hydrogen-bond acceptors (Lipinski definition) is 4. The smallest absolute Gasteiger partial charge is 0.300 e. The van der Waals surface area contributed by atoms with Crippen LogP contribution in [0.4, 0.5) is 14.5 Å². The van der Waals surface area contributed by atoms with Gasteiger partial charge in [-0.25, -0.2) is 8.78 Å².